The van der Waals surface area contributed by atoms with Gasteiger partial charge in [0.25, 0.3) is 0 Å². The van der Waals surface area contributed by atoms with E-state index < -0.39 is 5.97 Å². The van der Waals surface area contributed by atoms with Crippen molar-refractivity contribution in [1.29, 1.82) is 0 Å². The lowest BCUT2D eigenvalue weighted by Gasteiger charge is -2.00. The number of nitrogens with zero attached hydrogens (tertiary/aromatic N) is 3. The summed E-state index contributed by atoms with van der Waals surface area (Å²) in [5, 5.41) is 4.00. The number of rotatable bonds is 3. The van der Waals surface area contributed by atoms with Crippen LogP contribution in [-0.2, 0) is 11.8 Å². The van der Waals surface area contributed by atoms with E-state index in [0.29, 0.717) is 12.2 Å². The molecule has 0 bridgehead atoms. The molecule has 1 unspecified atom stereocenters. The molecule has 0 spiro atoms. The summed E-state index contributed by atoms with van der Waals surface area (Å²) in [4.78, 5) is 14.9. The van der Waals surface area contributed by atoms with Crippen LogP contribution in [0.3, 0.4) is 0 Å². The van der Waals surface area contributed by atoms with Gasteiger partial charge in [0, 0.05) is 20.2 Å². The van der Waals surface area contributed by atoms with Crippen LogP contribution in [0.15, 0.2) is 6.20 Å². The minimum atomic E-state index is -0.469. The molecule has 0 saturated carbocycles. The molecule has 0 N–H and O–H groups in total. The fraction of sp³-hybridized carbons (Fsp3) is 0.500. The summed E-state index contributed by atoms with van der Waals surface area (Å²) in [5.74, 6) is -0.469. The minimum Gasteiger partial charge on any atom is -0.461 e. The molecule has 1 aromatic heterocycles. The summed E-state index contributed by atoms with van der Waals surface area (Å²) < 4.78 is 6.38. The quantitative estimate of drug-likeness (QED) is 0.558. The average Bonchev–Trinajstić information content (AvgIpc) is 2.59. The summed E-state index contributed by atoms with van der Waals surface area (Å²) in [6, 6.07) is -0.377. The molecule has 0 aliphatic rings. The van der Waals surface area contributed by atoms with Crippen LogP contribution in [0.25, 0.3) is 4.85 Å². The van der Waals surface area contributed by atoms with Gasteiger partial charge in [-0.1, -0.05) is 0 Å². The van der Waals surface area contributed by atoms with Crippen molar-refractivity contribution >= 4 is 5.97 Å². The molecule has 5 nitrogen and oxygen atoms in total. The summed E-state index contributed by atoms with van der Waals surface area (Å²) in [5.41, 5.74) is 0.855. The lowest BCUT2D eigenvalue weighted by molar-refractivity contribution is 0.0517. The zero-order valence-corrected chi connectivity index (χ0v) is 9.02. The van der Waals surface area contributed by atoms with Gasteiger partial charge in [-0.15, -0.1) is 0 Å². The number of carbonyl (C=O) groups is 1. The SMILES string of the molecule is [C-]#[N+]C(C)c1cn(C)nc1C(=O)OCC. The second-order valence-electron chi connectivity index (χ2n) is 3.13. The monoisotopic (exact) mass is 207 g/mol. The van der Waals surface area contributed by atoms with Crippen LogP contribution in [0.2, 0.25) is 0 Å². The highest BCUT2D eigenvalue weighted by Crippen LogP contribution is 2.20. The molecule has 0 fully saturated rings. The van der Waals surface area contributed by atoms with Gasteiger partial charge in [-0.05, 0) is 6.92 Å². The molecule has 1 heterocycles. The Morgan fingerprint density at radius 1 is 1.80 bits per heavy atom. The van der Waals surface area contributed by atoms with E-state index in [1.165, 1.54) is 4.68 Å². The first-order chi connectivity index (χ1) is 7.10. The lowest BCUT2D eigenvalue weighted by atomic mass is 10.1. The van der Waals surface area contributed by atoms with E-state index in [1.54, 1.807) is 27.1 Å². The summed E-state index contributed by atoms with van der Waals surface area (Å²) in [6.07, 6.45) is 1.68. The van der Waals surface area contributed by atoms with E-state index in [4.69, 9.17) is 11.3 Å². The molecule has 0 saturated heterocycles. The molecule has 0 radical (unpaired) electrons. The third kappa shape index (κ3) is 2.34. The predicted octanol–water partition coefficient (Wildman–Crippen LogP) is 1.58. The second kappa shape index (κ2) is 4.60. The van der Waals surface area contributed by atoms with E-state index in [2.05, 4.69) is 9.94 Å². The normalized spacial score (nSPS) is 11.9. The molecular weight excluding hydrogens is 194 g/mol. The molecule has 15 heavy (non-hydrogen) atoms. The van der Waals surface area contributed by atoms with Crippen molar-refractivity contribution in [3.8, 4) is 0 Å². The van der Waals surface area contributed by atoms with Gasteiger partial charge in [-0.2, -0.15) is 5.10 Å². The van der Waals surface area contributed by atoms with Gasteiger partial charge in [0.05, 0.1) is 12.2 Å². The first kappa shape index (κ1) is 11.2. The molecule has 5 heteroatoms. The van der Waals surface area contributed by atoms with Gasteiger partial charge in [0.15, 0.2) is 5.69 Å². The average molecular weight is 207 g/mol. The first-order valence-corrected chi connectivity index (χ1v) is 4.67. The zero-order chi connectivity index (χ0) is 11.4. The maximum Gasteiger partial charge on any atom is 0.359 e. The Bertz CT molecular complexity index is 403. The number of hydrogen-bond acceptors (Lipinski definition) is 3. The van der Waals surface area contributed by atoms with Crippen molar-refractivity contribution in [1.82, 2.24) is 9.78 Å². The Morgan fingerprint density at radius 3 is 3.00 bits per heavy atom. The van der Waals surface area contributed by atoms with Crippen LogP contribution >= 0.6 is 0 Å². The Morgan fingerprint density at radius 2 is 2.47 bits per heavy atom. The van der Waals surface area contributed by atoms with Gasteiger partial charge in [0.1, 0.15) is 0 Å². The Labute approximate surface area is 88.5 Å². The smallest absolute Gasteiger partial charge is 0.359 e. The molecular formula is C10H13N3O2. The van der Waals surface area contributed by atoms with E-state index in [0.717, 1.165) is 0 Å². The zero-order valence-electron chi connectivity index (χ0n) is 9.02. The summed E-state index contributed by atoms with van der Waals surface area (Å²) in [6.45, 7) is 10.7. The summed E-state index contributed by atoms with van der Waals surface area (Å²) in [7, 11) is 1.71. The van der Waals surface area contributed by atoms with Gasteiger partial charge in [-0.25, -0.2) is 11.4 Å². The largest absolute Gasteiger partial charge is 0.461 e. The molecule has 0 aliphatic heterocycles. The third-order valence-corrected chi connectivity index (χ3v) is 1.97. The molecule has 0 aliphatic carbocycles. The molecule has 80 valence electrons. The molecule has 1 aromatic rings. The highest BCUT2D eigenvalue weighted by molar-refractivity contribution is 5.89. The number of aryl methyl sites for hydroxylation is 1. The Balaban J connectivity index is 3.07. The van der Waals surface area contributed by atoms with Crippen LogP contribution in [0, 0.1) is 6.57 Å². The lowest BCUT2D eigenvalue weighted by Crippen LogP contribution is -2.09. The maximum atomic E-state index is 11.5. The number of ether oxygens (including phenoxy) is 1. The van der Waals surface area contributed by atoms with E-state index in [1.807, 2.05) is 0 Å². The first-order valence-electron chi connectivity index (χ1n) is 4.67. The Kier molecular flexibility index (Phi) is 3.45. The predicted molar refractivity (Wildman–Crippen MR) is 54.2 cm³/mol. The second-order valence-corrected chi connectivity index (χ2v) is 3.13. The van der Waals surface area contributed by atoms with Crippen molar-refractivity contribution in [3.63, 3.8) is 0 Å². The highest BCUT2D eigenvalue weighted by atomic mass is 16.5. The number of esters is 1. The highest BCUT2D eigenvalue weighted by Gasteiger charge is 2.24. The summed E-state index contributed by atoms with van der Waals surface area (Å²) >= 11 is 0. The van der Waals surface area contributed by atoms with Crippen molar-refractivity contribution in [3.05, 3.63) is 28.9 Å². The molecule has 0 aromatic carbocycles. The van der Waals surface area contributed by atoms with Crippen LogP contribution in [0.5, 0.6) is 0 Å². The van der Waals surface area contributed by atoms with Gasteiger partial charge in [0.2, 0.25) is 6.04 Å². The van der Waals surface area contributed by atoms with Crippen LogP contribution in [0.1, 0.15) is 35.9 Å². The van der Waals surface area contributed by atoms with E-state index in [9.17, 15) is 4.79 Å². The van der Waals surface area contributed by atoms with E-state index in [-0.39, 0.29) is 11.7 Å². The van der Waals surface area contributed by atoms with E-state index >= 15 is 0 Å². The number of carbonyl (C=O) groups excluding carboxylic acids is 1. The van der Waals surface area contributed by atoms with Crippen molar-refractivity contribution in [2.24, 2.45) is 7.05 Å². The van der Waals surface area contributed by atoms with Crippen LogP contribution < -0.4 is 0 Å². The minimum absolute atomic E-state index is 0.239. The van der Waals surface area contributed by atoms with Gasteiger partial charge >= 0.3 is 5.97 Å². The maximum absolute atomic E-state index is 11.5. The fourth-order valence-electron chi connectivity index (χ4n) is 1.24. The standard InChI is InChI=1S/C10H13N3O2/c1-5-15-10(14)9-8(7(2)11-3)6-13(4)12-9/h6-7H,5H2,1-2,4H3. The van der Waals surface area contributed by atoms with Gasteiger partial charge < -0.3 is 9.58 Å². The Hall–Kier alpha value is -1.83. The number of hydrogen-bond donors (Lipinski definition) is 0. The number of aromatic nitrogens is 2. The fourth-order valence-corrected chi connectivity index (χ4v) is 1.24. The van der Waals surface area contributed by atoms with Crippen molar-refractivity contribution in [2.45, 2.75) is 19.9 Å². The van der Waals surface area contributed by atoms with Crippen LogP contribution in [0.4, 0.5) is 0 Å². The third-order valence-electron chi connectivity index (χ3n) is 1.97. The molecule has 0 amide bonds. The van der Waals surface area contributed by atoms with Crippen LogP contribution in [-0.4, -0.2) is 22.4 Å². The topological polar surface area (TPSA) is 48.5 Å². The van der Waals surface area contributed by atoms with Crippen molar-refractivity contribution in [2.75, 3.05) is 6.61 Å². The van der Waals surface area contributed by atoms with Crippen molar-refractivity contribution < 1.29 is 9.53 Å². The van der Waals surface area contributed by atoms with Gasteiger partial charge in [-0.3, -0.25) is 4.68 Å². The molecule has 1 atom stereocenters. The molecule has 1 rings (SSSR count).